The van der Waals surface area contributed by atoms with Crippen LogP contribution in [0.5, 0.6) is 0 Å². The normalized spacial score (nSPS) is 14.0. The average molecular weight is 481 g/mol. The summed E-state index contributed by atoms with van der Waals surface area (Å²) in [5.41, 5.74) is 5.31. The van der Waals surface area contributed by atoms with Gasteiger partial charge in [0.05, 0.1) is 39.7 Å². The zero-order chi connectivity index (χ0) is 25.2. The van der Waals surface area contributed by atoms with Crippen LogP contribution in [0.25, 0.3) is 38.8 Å². The van der Waals surface area contributed by atoms with E-state index >= 15 is 0 Å². The Hall–Kier alpha value is -4.04. The maximum atomic E-state index is 13.5. The molecule has 36 heavy (non-hydrogen) atoms. The summed E-state index contributed by atoms with van der Waals surface area (Å²) in [6, 6.07) is 11.9. The molecule has 8 heteroatoms. The van der Waals surface area contributed by atoms with Crippen molar-refractivity contribution in [1.82, 2.24) is 24.1 Å². The number of aryl methyl sites for hydroxylation is 2. The van der Waals surface area contributed by atoms with Gasteiger partial charge in [0, 0.05) is 49.0 Å². The lowest BCUT2D eigenvalue weighted by Crippen LogP contribution is -2.37. The highest BCUT2D eigenvalue weighted by atomic mass is 16.3. The van der Waals surface area contributed by atoms with Crippen LogP contribution in [0.15, 0.2) is 59.8 Å². The molecule has 1 saturated heterocycles. The van der Waals surface area contributed by atoms with Gasteiger partial charge in [-0.15, -0.1) is 0 Å². The lowest BCUT2D eigenvalue weighted by atomic mass is 9.96. The van der Waals surface area contributed by atoms with Crippen LogP contribution in [-0.2, 0) is 12.6 Å². The Morgan fingerprint density at radius 3 is 2.50 bits per heavy atom. The maximum absolute atomic E-state index is 13.5. The molecule has 0 atom stereocenters. The van der Waals surface area contributed by atoms with Crippen molar-refractivity contribution in [2.45, 2.75) is 32.8 Å². The second kappa shape index (κ2) is 7.99. The number of aliphatic hydroxyl groups is 1. The number of anilines is 1. The molecule has 4 aromatic heterocycles. The standard InChI is InChI=1S/C28H28N6O2/c1-17-23(8-9-25(31-17)33-10-5-11-33)34-26-21-13-18(19-12-20(15-29-14-19)28(2,3)36)6-7-22(21)30-16-24(26)32(4)27(34)35/h6-9,12-16,36H,5,10-11H2,1-4H3. The van der Waals surface area contributed by atoms with E-state index in [1.807, 2.05) is 43.3 Å². The Labute approximate surface area is 208 Å². The molecule has 0 unspecified atom stereocenters. The highest BCUT2D eigenvalue weighted by Crippen LogP contribution is 2.32. The number of hydrogen-bond donors (Lipinski definition) is 1. The first-order valence-corrected chi connectivity index (χ1v) is 12.1. The minimum Gasteiger partial charge on any atom is -0.386 e. The SMILES string of the molecule is Cc1nc(N2CCC2)ccc1-n1c(=O)n(C)c2cnc3ccc(-c4cncc(C(C)(C)O)c4)cc3c21. The molecule has 8 nitrogen and oxygen atoms in total. The summed E-state index contributed by atoms with van der Waals surface area (Å²) in [7, 11) is 1.77. The van der Waals surface area contributed by atoms with Crippen molar-refractivity contribution >= 4 is 27.8 Å². The molecule has 0 amide bonds. The third kappa shape index (κ3) is 3.48. The topological polar surface area (TPSA) is 89.1 Å². The summed E-state index contributed by atoms with van der Waals surface area (Å²) in [5.74, 6) is 0.948. The quantitative estimate of drug-likeness (QED) is 0.417. The van der Waals surface area contributed by atoms with Crippen LogP contribution < -0.4 is 10.6 Å². The van der Waals surface area contributed by atoms with Gasteiger partial charge in [-0.1, -0.05) is 6.07 Å². The van der Waals surface area contributed by atoms with E-state index in [-0.39, 0.29) is 5.69 Å². The molecule has 5 aromatic rings. The zero-order valence-corrected chi connectivity index (χ0v) is 20.9. The van der Waals surface area contributed by atoms with E-state index in [1.165, 1.54) is 6.42 Å². The van der Waals surface area contributed by atoms with Crippen LogP contribution in [0, 0.1) is 6.92 Å². The molecule has 0 saturated carbocycles. The summed E-state index contributed by atoms with van der Waals surface area (Å²) in [6.07, 6.45) is 6.40. The van der Waals surface area contributed by atoms with E-state index in [9.17, 15) is 9.90 Å². The lowest BCUT2D eigenvalue weighted by Gasteiger charge is -2.32. The minimum absolute atomic E-state index is 0.142. The Balaban J connectivity index is 1.59. The molecule has 6 rings (SSSR count). The number of pyridine rings is 3. The van der Waals surface area contributed by atoms with E-state index in [2.05, 4.69) is 14.9 Å². The second-order valence-corrected chi connectivity index (χ2v) is 10.0. The highest BCUT2D eigenvalue weighted by molar-refractivity contribution is 6.04. The third-order valence-corrected chi connectivity index (χ3v) is 7.13. The van der Waals surface area contributed by atoms with Crippen LogP contribution in [0.3, 0.4) is 0 Å². The zero-order valence-electron chi connectivity index (χ0n) is 20.9. The van der Waals surface area contributed by atoms with E-state index in [1.54, 1.807) is 48.6 Å². The molecule has 0 spiro atoms. The van der Waals surface area contributed by atoms with E-state index in [4.69, 9.17) is 4.98 Å². The van der Waals surface area contributed by atoms with Crippen LogP contribution in [0.2, 0.25) is 0 Å². The maximum Gasteiger partial charge on any atom is 0.333 e. The van der Waals surface area contributed by atoms with Gasteiger partial charge in [-0.2, -0.15) is 0 Å². The van der Waals surface area contributed by atoms with Crippen molar-refractivity contribution in [1.29, 1.82) is 0 Å². The number of aromatic nitrogens is 5. The van der Waals surface area contributed by atoms with Crippen LogP contribution in [0.4, 0.5) is 5.82 Å². The largest absolute Gasteiger partial charge is 0.386 e. The van der Waals surface area contributed by atoms with Crippen molar-refractivity contribution < 1.29 is 5.11 Å². The first kappa shape index (κ1) is 22.4. The fraction of sp³-hybridized carbons (Fsp3) is 0.286. The monoisotopic (exact) mass is 480 g/mol. The fourth-order valence-electron chi connectivity index (χ4n) is 4.83. The van der Waals surface area contributed by atoms with Crippen LogP contribution >= 0.6 is 0 Å². The Morgan fingerprint density at radius 1 is 1.00 bits per heavy atom. The van der Waals surface area contributed by atoms with Gasteiger partial charge in [-0.25, -0.2) is 9.78 Å². The molecular formula is C28H28N6O2. The number of imidazole rings is 1. The first-order valence-electron chi connectivity index (χ1n) is 12.1. The van der Waals surface area contributed by atoms with Gasteiger partial charge in [0.1, 0.15) is 5.82 Å². The molecule has 0 radical (unpaired) electrons. The van der Waals surface area contributed by atoms with Gasteiger partial charge in [-0.05, 0) is 63.1 Å². The van der Waals surface area contributed by atoms with Gasteiger partial charge < -0.3 is 10.0 Å². The molecule has 1 N–H and O–H groups in total. The molecule has 1 aromatic carbocycles. The summed E-state index contributed by atoms with van der Waals surface area (Å²) in [4.78, 5) is 29.5. The van der Waals surface area contributed by atoms with Crippen molar-refractivity contribution in [3.05, 3.63) is 76.7 Å². The van der Waals surface area contributed by atoms with Gasteiger partial charge >= 0.3 is 5.69 Å². The smallest absolute Gasteiger partial charge is 0.333 e. The number of fused-ring (bicyclic) bond motifs is 3. The van der Waals surface area contributed by atoms with Crippen molar-refractivity contribution in [3.8, 4) is 16.8 Å². The number of rotatable bonds is 4. The third-order valence-electron chi connectivity index (χ3n) is 7.13. The van der Waals surface area contributed by atoms with Crippen LogP contribution in [0.1, 0.15) is 31.5 Å². The summed E-state index contributed by atoms with van der Waals surface area (Å²) in [6.45, 7) is 7.47. The predicted molar refractivity (Wildman–Crippen MR) is 142 cm³/mol. The molecule has 1 aliphatic rings. The number of nitrogens with zero attached hydrogens (tertiary/aromatic N) is 6. The van der Waals surface area contributed by atoms with E-state index in [0.29, 0.717) is 0 Å². The Bertz CT molecular complexity index is 1710. The fourth-order valence-corrected chi connectivity index (χ4v) is 4.83. The summed E-state index contributed by atoms with van der Waals surface area (Å²) >= 11 is 0. The van der Waals surface area contributed by atoms with Crippen molar-refractivity contribution in [3.63, 3.8) is 0 Å². The van der Waals surface area contributed by atoms with Gasteiger partial charge in [0.25, 0.3) is 0 Å². The number of hydrogen-bond acceptors (Lipinski definition) is 6. The van der Waals surface area contributed by atoms with Crippen LogP contribution in [-0.4, -0.2) is 42.3 Å². The Kier molecular flexibility index (Phi) is 4.98. The van der Waals surface area contributed by atoms with Gasteiger partial charge in [0.2, 0.25) is 0 Å². The molecule has 1 fully saturated rings. The molecule has 1 aliphatic heterocycles. The second-order valence-electron chi connectivity index (χ2n) is 10.0. The molecule has 182 valence electrons. The number of benzene rings is 1. The minimum atomic E-state index is -0.999. The summed E-state index contributed by atoms with van der Waals surface area (Å²) in [5, 5.41) is 11.3. The Morgan fingerprint density at radius 2 is 1.81 bits per heavy atom. The predicted octanol–water partition coefficient (Wildman–Crippen LogP) is 4.08. The van der Waals surface area contributed by atoms with Gasteiger partial charge in [-0.3, -0.25) is 19.1 Å². The van der Waals surface area contributed by atoms with Crippen molar-refractivity contribution in [2.75, 3.05) is 18.0 Å². The lowest BCUT2D eigenvalue weighted by molar-refractivity contribution is 0.0783. The molecule has 0 bridgehead atoms. The van der Waals surface area contributed by atoms with E-state index < -0.39 is 5.60 Å². The van der Waals surface area contributed by atoms with Gasteiger partial charge in [0.15, 0.2) is 0 Å². The summed E-state index contributed by atoms with van der Waals surface area (Å²) < 4.78 is 3.38. The van der Waals surface area contributed by atoms with E-state index in [0.717, 1.165) is 68.9 Å². The highest BCUT2D eigenvalue weighted by Gasteiger charge is 2.21. The molecule has 0 aliphatic carbocycles. The molecule has 5 heterocycles. The average Bonchev–Trinajstić information content (AvgIpc) is 3.08. The molecular weight excluding hydrogens is 452 g/mol. The first-order chi connectivity index (χ1) is 17.2. The van der Waals surface area contributed by atoms with Crippen molar-refractivity contribution in [2.24, 2.45) is 7.05 Å².